The number of ether oxygens (including phenoxy) is 1. The van der Waals surface area contributed by atoms with E-state index in [1.165, 1.54) is 0 Å². The first-order valence-electron chi connectivity index (χ1n) is 10.0. The number of benzene rings is 2. The molecular formula is C24H23N3O3. The third-order valence-electron chi connectivity index (χ3n) is 5.02. The topological polar surface area (TPSA) is 81.2 Å². The van der Waals surface area contributed by atoms with Crippen LogP contribution in [-0.4, -0.2) is 28.3 Å². The molecule has 2 aromatic carbocycles. The molecule has 1 aliphatic rings. The highest BCUT2D eigenvalue weighted by Crippen LogP contribution is 2.39. The average molecular weight is 401 g/mol. The van der Waals surface area contributed by atoms with E-state index < -0.39 is 0 Å². The van der Waals surface area contributed by atoms with E-state index in [1.54, 1.807) is 42.6 Å². The molecule has 0 aliphatic heterocycles. The molecule has 1 aromatic heterocycles. The highest BCUT2D eigenvalue weighted by atomic mass is 16.5. The molecule has 0 spiro atoms. The number of nitrogens with one attached hydrogen (secondary N) is 1. The van der Waals surface area contributed by atoms with E-state index in [2.05, 4.69) is 15.3 Å². The van der Waals surface area contributed by atoms with E-state index >= 15 is 0 Å². The minimum absolute atomic E-state index is 0.0506. The third kappa shape index (κ3) is 4.89. The Kier molecular flexibility index (Phi) is 5.84. The highest BCUT2D eigenvalue weighted by molar-refractivity contribution is 6.08. The zero-order valence-corrected chi connectivity index (χ0v) is 16.7. The predicted molar refractivity (Wildman–Crippen MR) is 112 cm³/mol. The summed E-state index contributed by atoms with van der Waals surface area (Å²) in [7, 11) is 0. The van der Waals surface area contributed by atoms with Gasteiger partial charge in [0.05, 0.1) is 6.04 Å². The maximum atomic E-state index is 12.5. The number of amides is 1. The zero-order chi connectivity index (χ0) is 20.9. The molecule has 152 valence electrons. The highest BCUT2D eigenvalue weighted by Gasteiger charge is 2.35. The maximum absolute atomic E-state index is 12.5. The Morgan fingerprint density at radius 3 is 2.40 bits per heavy atom. The van der Waals surface area contributed by atoms with Gasteiger partial charge in [0, 0.05) is 23.0 Å². The zero-order valence-electron chi connectivity index (χ0n) is 16.7. The Hall–Kier alpha value is -3.54. The molecule has 1 aliphatic carbocycles. The van der Waals surface area contributed by atoms with E-state index in [-0.39, 0.29) is 24.3 Å². The number of aromatic nitrogens is 2. The number of nitrogens with zero attached hydrogens (tertiary/aromatic N) is 2. The van der Waals surface area contributed by atoms with E-state index in [9.17, 15) is 9.59 Å². The second-order valence-corrected chi connectivity index (χ2v) is 7.45. The largest absolute Gasteiger partial charge is 0.484 e. The van der Waals surface area contributed by atoms with Gasteiger partial charge < -0.3 is 10.1 Å². The molecule has 1 saturated carbocycles. The number of hydrogen-bond donors (Lipinski definition) is 1. The van der Waals surface area contributed by atoms with Crippen LogP contribution >= 0.6 is 0 Å². The van der Waals surface area contributed by atoms with Gasteiger partial charge in [-0.3, -0.25) is 9.59 Å². The fraction of sp³-hybridized carbons (Fsp3) is 0.250. The lowest BCUT2D eigenvalue weighted by atomic mass is 10.0. The Labute approximate surface area is 175 Å². The second-order valence-electron chi connectivity index (χ2n) is 7.45. The van der Waals surface area contributed by atoms with Gasteiger partial charge in [-0.15, -0.1) is 0 Å². The van der Waals surface area contributed by atoms with Gasteiger partial charge in [-0.25, -0.2) is 9.97 Å². The van der Waals surface area contributed by atoms with Gasteiger partial charge in [0.15, 0.2) is 18.2 Å². The molecule has 3 aromatic rings. The molecule has 0 bridgehead atoms. The molecule has 1 N–H and O–H groups in total. The summed E-state index contributed by atoms with van der Waals surface area (Å²) in [5.74, 6) is 1.28. The lowest BCUT2D eigenvalue weighted by molar-refractivity contribution is -0.124. The van der Waals surface area contributed by atoms with Crippen LogP contribution < -0.4 is 10.1 Å². The van der Waals surface area contributed by atoms with E-state index in [0.717, 1.165) is 18.5 Å². The summed E-state index contributed by atoms with van der Waals surface area (Å²) in [4.78, 5) is 33.7. The summed E-state index contributed by atoms with van der Waals surface area (Å²) in [6, 6.07) is 17.6. The predicted octanol–water partition coefficient (Wildman–Crippen LogP) is 3.66. The van der Waals surface area contributed by atoms with Crippen molar-refractivity contribution in [3.05, 3.63) is 89.5 Å². The molecule has 1 atom stereocenters. The van der Waals surface area contributed by atoms with Crippen molar-refractivity contribution in [3.63, 3.8) is 0 Å². The third-order valence-corrected chi connectivity index (χ3v) is 5.02. The van der Waals surface area contributed by atoms with Gasteiger partial charge in [0.1, 0.15) is 5.75 Å². The van der Waals surface area contributed by atoms with Gasteiger partial charge in [-0.05, 0) is 56.0 Å². The molecule has 6 heteroatoms. The van der Waals surface area contributed by atoms with Gasteiger partial charge in [-0.1, -0.05) is 30.3 Å². The van der Waals surface area contributed by atoms with E-state index in [1.807, 2.05) is 31.2 Å². The maximum Gasteiger partial charge on any atom is 0.258 e. The summed E-state index contributed by atoms with van der Waals surface area (Å²) in [5.41, 5.74) is 2.08. The Balaban J connectivity index is 1.34. The standard InChI is InChI=1S/C24H23N3O3/c1-16-13-14-25-24(26-16)22(17-7-8-17)27-21(28)15-30-20-11-9-19(10-12-20)23(29)18-5-3-2-4-6-18/h2-6,9-14,17,22H,7-8,15H2,1H3,(H,27,28)/t22-/m0/s1. The smallest absolute Gasteiger partial charge is 0.258 e. The van der Waals surface area contributed by atoms with Crippen molar-refractivity contribution in [2.45, 2.75) is 25.8 Å². The first-order valence-corrected chi connectivity index (χ1v) is 10.0. The van der Waals surface area contributed by atoms with Crippen molar-refractivity contribution in [1.29, 1.82) is 0 Å². The number of hydrogen-bond acceptors (Lipinski definition) is 5. The summed E-state index contributed by atoms with van der Waals surface area (Å²) < 4.78 is 5.60. The van der Waals surface area contributed by atoms with Gasteiger partial charge in [0.2, 0.25) is 0 Å². The average Bonchev–Trinajstić information content (AvgIpc) is 3.62. The molecular weight excluding hydrogens is 378 g/mol. The molecule has 0 radical (unpaired) electrons. The molecule has 1 amide bonds. The molecule has 0 saturated heterocycles. The molecule has 1 heterocycles. The van der Waals surface area contributed by atoms with Crippen LogP contribution in [0.1, 0.15) is 46.3 Å². The summed E-state index contributed by atoms with van der Waals surface area (Å²) >= 11 is 0. The Bertz CT molecular complexity index is 1030. The van der Waals surface area contributed by atoms with Crippen LogP contribution in [0.2, 0.25) is 0 Å². The monoisotopic (exact) mass is 401 g/mol. The fourth-order valence-electron chi connectivity index (χ4n) is 3.26. The first kappa shape index (κ1) is 19.8. The van der Waals surface area contributed by atoms with Crippen LogP contribution in [0.4, 0.5) is 0 Å². The summed E-state index contributed by atoms with van der Waals surface area (Å²) in [6.45, 7) is 1.80. The number of carbonyl (C=O) groups is 2. The summed E-state index contributed by atoms with van der Waals surface area (Å²) in [5, 5.41) is 3.00. The van der Waals surface area contributed by atoms with Crippen molar-refractivity contribution < 1.29 is 14.3 Å². The second kappa shape index (κ2) is 8.86. The van der Waals surface area contributed by atoms with Crippen molar-refractivity contribution in [2.75, 3.05) is 6.61 Å². The van der Waals surface area contributed by atoms with Crippen LogP contribution in [0.3, 0.4) is 0 Å². The molecule has 1 fully saturated rings. The molecule has 4 rings (SSSR count). The van der Waals surface area contributed by atoms with Crippen molar-refractivity contribution in [3.8, 4) is 5.75 Å². The Morgan fingerprint density at radius 1 is 1.03 bits per heavy atom. The SMILES string of the molecule is Cc1ccnc([C@@H](NC(=O)COc2ccc(C(=O)c3ccccc3)cc2)C2CC2)n1. The lowest BCUT2D eigenvalue weighted by Gasteiger charge is -2.17. The van der Waals surface area contributed by atoms with Gasteiger partial charge in [0.25, 0.3) is 5.91 Å². The van der Waals surface area contributed by atoms with Crippen molar-refractivity contribution >= 4 is 11.7 Å². The number of ketones is 1. The minimum Gasteiger partial charge on any atom is -0.484 e. The molecule has 6 nitrogen and oxygen atoms in total. The van der Waals surface area contributed by atoms with Crippen LogP contribution in [0, 0.1) is 12.8 Å². The van der Waals surface area contributed by atoms with Crippen LogP contribution in [-0.2, 0) is 4.79 Å². The lowest BCUT2D eigenvalue weighted by Crippen LogP contribution is -2.34. The van der Waals surface area contributed by atoms with Crippen LogP contribution in [0.15, 0.2) is 66.9 Å². The minimum atomic E-state index is -0.221. The number of aryl methyl sites for hydroxylation is 1. The van der Waals surface area contributed by atoms with E-state index in [0.29, 0.717) is 28.6 Å². The Morgan fingerprint density at radius 2 is 1.73 bits per heavy atom. The quantitative estimate of drug-likeness (QED) is 0.583. The van der Waals surface area contributed by atoms with Crippen molar-refractivity contribution in [2.24, 2.45) is 5.92 Å². The molecule has 0 unspecified atom stereocenters. The number of rotatable bonds is 8. The van der Waals surface area contributed by atoms with Crippen LogP contribution in [0.5, 0.6) is 5.75 Å². The number of carbonyl (C=O) groups excluding carboxylic acids is 2. The first-order chi connectivity index (χ1) is 14.6. The van der Waals surface area contributed by atoms with Crippen molar-refractivity contribution in [1.82, 2.24) is 15.3 Å². The normalized spacial score (nSPS) is 14.0. The summed E-state index contributed by atoms with van der Waals surface area (Å²) in [6.07, 6.45) is 3.83. The van der Waals surface area contributed by atoms with E-state index in [4.69, 9.17) is 4.74 Å². The van der Waals surface area contributed by atoms with Crippen LogP contribution in [0.25, 0.3) is 0 Å². The molecule has 30 heavy (non-hydrogen) atoms. The fourth-order valence-corrected chi connectivity index (χ4v) is 3.26. The van der Waals surface area contributed by atoms with Gasteiger partial charge in [-0.2, -0.15) is 0 Å². The van der Waals surface area contributed by atoms with Gasteiger partial charge >= 0.3 is 0 Å².